The Bertz CT molecular complexity index is 593. The van der Waals surface area contributed by atoms with E-state index in [0.29, 0.717) is 12.0 Å². The maximum absolute atomic E-state index is 12.5. The zero-order valence-corrected chi connectivity index (χ0v) is 13.4. The lowest BCUT2D eigenvalue weighted by Crippen LogP contribution is -3.07. The van der Waals surface area contributed by atoms with Gasteiger partial charge in [-0.15, -0.1) is 0 Å². The number of piperidine rings is 1. The number of nitro groups is 1. The standard InChI is InChI=1S/C16H22N2O4/c1-15(2)9-12(19)13(16(3,4)17-15)14(20)10-5-7-11(8-6-10)18(21)22/h5-8,13-14,17,20H,9H2,1-4H3/p+1/t13-,14-/m0/s1. The minimum absolute atomic E-state index is 0.0297. The monoisotopic (exact) mass is 307 g/mol. The van der Waals surface area contributed by atoms with E-state index < -0.39 is 22.5 Å². The van der Waals surface area contributed by atoms with Crippen LogP contribution in [0.1, 0.15) is 45.8 Å². The number of aliphatic hydroxyl groups excluding tert-OH is 1. The predicted octanol–water partition coefficient (Wildman–Crippen LogP) is 1.34. The summed E-state index contributed by atoms with van der Waals surface area (Å²) < 4.78 is 0. The van der Waals surface area contributed by atoms with Gasteiger partial charge >= 0.3 is 0 Å². The number of carbonyl (C=O) groups is 1. The number of ketones is 1. The van der Waals surface area contributed by atoms with Gasteiger partial charge in [-0.25, -0.2) is 0 Å². The van der Waals surface area contributed by atoms with Crippen LogP contribution in [0.25, 0.3) is 0 Å². The van der Waals surface area contributed by atoms with E-state index in [1.165, 1.54) is 24.3 Å². The van der Waals surface area contributed by atoms with Crippen molar-refractivity contribution >= 4 is 11.5 Å². The molecule has 0 aliphatic carbocycles. The van der Waals surface area contributed by atoms with Gasteiger partial charge in [0.2, 0.25) is 0 Å². The van der Waals surface area contributed by atoms with E-state index in [-0.39, 0.29) is 17.0 Å². The van der Waals surface area contributed by atoms with Gasteiger partial charge in [0.05, 0.1) is 23.0 Å². The van der Waals surface area contributed by atoms with Gasteiger partial charge in [-0.3, -0.25) is 14.9 Å². The second-order valence-electron chi connectivity index (χ2n) is 7.37. The quantitative estimate of drug-likeness (QED) is 0.650. The second kappa shape index (κ2) is 5.44. The van der Waals surface area contributed by atoms with Gasteiger partial charge < -0.3 is 10.4 Å². The smallest absolute Gasteiger partial charge is 0.269 e. The minimum atomic E-state index is -0.962. The Labute approximate surface area is 129 Å². The summed E-state index contributed by atoms with van der Waals surface area (Å²) >= 11 is 0. The zero-order chi connectivity index (χ0) is 16.7. The van der Waals surface area contributed by atoms with Crippen LogP contribution in [-0.2, 0) is 4.79 Å². The molecule has 1 aromatic rings. The van der Waals surface area contributed by atoms with Crippen LogP contribution < -0.4 is 5.32 Å². The maximum atomic E-state index is 12.5. The van der Waals surface area contributed by atoms with Gasteiger partial charge in [-0.1, -0.05) is 0 Å². The van der Waals surface area contributed by atoms with Crippen LogP contribution in [0.3, 0.4) is 0 Å². The van der Waals surface area contributed by atoms with Crippen LogP contribution in [0, 0.1) is 16.0 Å². The van der Waals surface area contributed by atoms with Crippen LogP contribution >= 0.6 is 0 Å². The van der Waals surface area contributed by atoms with E-state index in [0.717, 1.165) is 0 Å². The summed E-state index contributed by atoms with van der Waals surface area (Å²) in [5.41, 5.74) is -0.130. The number of nitrogens with two attached hydrogens (primary N) is 1. The fourth-order valence-electron chi connectivity index (χ4n) is 3.69. The number of benzene rings is 1. The summed E-state index contributed by atoms with van der Waals surface area (Å²) in [5, 5.41) is 23.5. The third kappa shape index (κ3) is 3.18. The SMILES string of the molecule is CC1(C)CC(=O)[C@@H]([C@@H](O)c2ccc([N+](=O)[O-])cc2)C(C)(C)[NH2+]1. The Morgan fingerprint density at radius 3 is 2.27 bits per heavy atom. The van der Waals surface area contributed by atoms with Gasteiger partial charge in [0.15, 0.2) is 5.78 Å². The molecular weight excluding hydrogens is 284 g/mol. The number of quaternary nitrogens is 1. The molecule has 0 bridgehead atoms. The lowest BCUT2D eigenvalue weighted by atomic mass is 9.70. The van der Waals surface area contributed by atoms with Gasteiger partial charge in [-0.05, 0) is 45.4 Å². The summed E-state index contributed by atoms with van der Waals surface area (Å²) in [7, 11) is 0. The molecule has 1 saturated heterocycles. The molecule has 120 valence electrons. The van der Waals surface area contributed by atoms with E-state index in [9.17, 15) is 20.0 Å². The molecule has 1 aliphatic heterocycles. The van der Waals surface area contributed by atoms with Crippen molar-refractivity contribution in [2.45, 2.75) is 51.3 Å². The summed E-state index contributed by atoms with van der Waals surface area (Å²) in [4.78, 5) is 22.7. The number of carbonyl (C=O) groups excluding carboxylic acids is 1. The lowest BCUT2D eigenvalue weighted by molar-refractivity contribution is -0.788. The molecule has 0 saturated carbocycles. The van der Waals surface area contributed by atoms with Crippen molar-refractivity contribution in [3.8, 4) is 0 Å². The van der Waals surface area contributed by atoms with Gasteiger partial charge in [0.1, 0.15) is 11.5 Å². The first kappa shape index (κ1) is 16.6. The topological polar surface area (TPSA) is 97.0 Å². The summed E-state index contributed by atoms with van der Waals surface area (Å²) in [5.74, 6) is -0.509. The van der Waals surface area contributed by atoms with Crippen LogP contribution in [0.2, 0.25) is 0 Å². The molecule has 3 N–H and O–H groups in total. The van der Waals surface area contributed by atoms with Crippen molar-refractivity contribution in [3.63, 3.8) is 0 Å². The highest BCUT2D eigenvalue weighted by Crippen LogP contribution is 2.35. The number of aliphatic hydroxyl groups is 1. The Balaban J connectivity index is 2.29. The largest absolute Gasteiger partial charge is 0.387 e. The van der Waals surface area contributed by atoms with Gasteiger partial charge in [-0.2, -0.15) is 0 Å². The molecule has 0 radical (unpaired) electrons. The first-order valence-electron chi connectivity index (χ1n) is 7.36. The fraction of sp³-hybridized carbons (Fsp3) is 0.562. The number of nitro benzene ring substituents is 1. The number of rotatable bonds is 3. The molecule has 22 heavy (non-hydrogen) atoms. The third-order valence-electron chi connectivity index (χ3n) is 4.30. The van der Waals surface area contributed by atoms with Crippen molar-refractivity contribution in [1.82, 2.24) is 0 Å². The first-order valence-corrected chi connectivity index (χ1v) is 7.36. The molecule has 0 amide bonds. The highest BCUT2D eigenvalue weighted by molar-refractivity contribution is 5.84. The summed E-state index contributed by atoms with van der Waals surface area (Å²) in [6, 6.07) is 5.75. The molecule has 1 fully saturated rings. The lowest BCUT2D eigenvalue weighted by Gasteiger charge is -2.44. The third-order valence-corrected chi connectivity index (χ3v) is 4.30. The van der Waals surface area contributed by atoms with E-state index >= 15 is 0 Å². The molecule has 1 aromatic carbocycles. The number of nitrogens with zero attached hydrogens (tertiary/aromatic N) is 1. The van der Waals surface area contributed by atoms with Crippen molar-refractivity contribution in [3.05, 3.63) is 39.9 Å². The maximum Gasteiger partial charge on any atom is 0.269 e. The number of hydrogen-bond donors (Lipinski definition) is 2. The Morgan fingerprint density at radius 2 is 1.82 bits per heavy atom. The fourth-order valence-corrected chi connectivity index (χ4v) is 3.69. The number of hydrogen-bond acceptors (Lipinski definition) is 4. The molecule has 0 unspecified atom stereocenters. The number of Topliss-reactive ketones (excluding diaryl/α,β-unsaturated/α-hetero) is 1. The number of non-ortho nitro benzene ring substituents is 1. The molecule has 6 heteroatoms. The van der Waals surface area contributed by atoms with E-state index in [1.807, 2.05) is 27.7 Å². The van der Waals surface area contributed by atoms with E-state index in [4.69, 9.17) is 0 Å². The molecule has 6 nitrogen and oxygen atoms in total. The van der Waals surface area contributed by atoms with Crippen molar-refractivity contribution in [2.24, 2.45) is 5.92 Å². The second-order valence-corrected chi connectivity index (χ2v) is 7.37. The van der Waals surface area contributed by atoms with E-state index in [2.05, 4.69) is 5.32 Å². The Hall–Kier alpha value is -1.79. The Kier molecular flexibility index (Phi) is 4.10. The first-order chi connectivity index (χ1) is 10.0. The van der Waals surface area contributed by atoms with Crippen molar-refractivity contribution < 1.29 is 20.1 Å². The minimum Gasteiger partial charge on any atom is -0.387 e. The molecule has 2 atom stereocenters. The van der Waals surface area contributed by atoms with Crippen molar-refractivity contribution in [1.29, 1.82) is 0 Å². The van der Waals surface area contributed by atoms with Crippen LogP contribution in [0.5, 0.6) is 0 Å². The summed E-state index contributed by atoms with van der Waals surface area (Å²) in [6.45, 7) is 7.93. The normalized spacial score (nSPS) is 24.8. The molecule has 1 aliphatic rings. The van der Waals surface area contributed by atoms with Crippen molar-refractivity contribution in [2.75, 3.05) is 0 Å². The van der Waals surface area contributed by atoms with Crippen LogP contribution in [0.15, 0.2) is 24.3 Å². The summed E-state index contributed by atoms with van der Waals surface area (Å²) in [6.07, 6.45) is -0.568. The average molecular weight is 307 g/mol. The molecule has 0 spiro atoms. The predicted molar refractivity (Wildman–Crippen MR) is 81.3 cm³/mol. The Morgan fingerprint density at radius 1 is 1.27 bits per heavy atom. The van der Waals surface area contributed by atoms with Gasteiger partial charge in [0.25, 0.3) is 5.69 Å². The molecule has 1 heterocycles. The van der Waals surface area contributed by atoms with Gasteiger partial charge in [0, 0.05) is 12.1 Å². The van der Waals surface area contributed by atoms with Crippen LogP contribution in [0.4, 0.5) is 5.69 Å². The van der Waals surface area contributed by atoms with E-state index in [1.54, 1.807) is 0 Å². The van der Waals surface area contributed by atoms with Crippen LogP contribution in [-0.4, -0.2) is 26.9 Å². The molecule has 0 aromatic heterocycles. The molecule has 2 rings (SSSR count). The highest BCUT2D eigenvalue weighted by atomic mass is 16.6. The molecular formula is C16H23N2O4+. The highest BCUT2D eigenvalue weighted by Gasteiger charge is 2.52. The zero-order valence-electron chi connectivity index (χ0n) is 13.4. The average Bonchev–Trinajstić information content (AvgIpc) is 2.35.